The minimum atomic E-state index is -0.699. The number of nitrogens with one attached hydrogen (secondary N) is 1. The van der Waals surface area contributed by atoms with Gasteiger partial charge in [-0.2, -0.15) is 0 Å². The van der Waals surface area contributed by atoms with Gasteiger partial charge >= 0.3 is 5.69 Å². The number of nitrogens with zero attached hydrogens (tertiary/aromatic N) is 4. The summed E-state index contributed by atoms with van der Waals surface area (Å²) in [6, 6.07) is 3.64. The third-order valence-corrected chi connectivity index (χ3v) is 4.66. The highest BCUT2D eigenvalue weighted by Crippen LogP contribution is 2.30. The van der Waals surface area contributed by atoms with Crippen LogP contribution in [0, 0.1) is 0 Å². The predicted molar refractivity (Wildman–Crippen MR) is 92.0 cm³/mol. The van der Waals surface area contributed by atoms with Crippen molar-refractivity contribution in [2.24, 2.45) is 5.73 Å². The Morgan fingerprint density at radius 3 is 2.72 bits per heavy atom. The van der Waals surface area contributed by atoms with Gasteiger partial charge in [0.25, 0.3) is 5.91 Å². The molecule has 3 heterocycles. The molecule has 1 fully saturated rings. The molecule has 1 amide bonds. The van der Waals surface area contributed by atoms with Crippen molar-refractivity contribution in [1.29, 1.82) is 0 Å². The number of aromatic nitrogens is 5. The summed E-state index contributed by atoms with van der Waals surface area (Å²) in [4.78, 5) is 40.0. The van der Waals surface area contributed by atoms with Crippen LogP contribution in [0.5, 0.6) is 0 Å². The quantitative estimate of drug-likeness (QED) is 0.754. The summed E-state index contributed by atoms with van der Waals surface area (Å²) in [6.45, 7) is 0. The van der Waals surface area contributed by atoms with E-state index in [4.69, 9.17) is 5.73 Å². The Balaban J connectivity index is 1.98. The zero-order valence-corrected chi connectivity index (χ0v) is 13.6. The molecule has 0 aromatic carbocycles. The Morgan fingerprint density at radius 2 is 2.04 bits per heavy atom. The summed E-state index contributed by atoms with van der Waals surface area (Å²) in [5, 5.41) is 0. The number of primary amides is 1. The third kappa shape index (κ3) is 2.69. The van der Waals surface area contributed by atoms with Crippen LogP contribution >= 0.6 is 0 Å². The number of fused-ring (bicyclic) bond motifs is 1. The van der Waals surface area contributed by atoms with E-state index in [1.54, 1.807) is 29.1 Å². The molecule has 0 bridgehead atoms. The zero-order chi connectivity index (χ0) is 17.4. The fourth-order valence-corrected chi connectivity index (χ4v) is 3.48. The molecule has 128 valence electrons. The predicted octanol–water partition coefficient (Wildman–Crippen LogP) is 1.79. The van der Waals surface area contributed by atoms with Gasteiger partial charge in [0, 0.05) is 24.0 Å². The van der Waals surface area contributed by atoms with Crippen molar-refractivity contribution >= 4 is 17.1 Å². The van der Waals surface area contributed by atoms with Crippen LogP contribution < -0.4 is 11.4 Å². The van der Waals surface area contributed by atoms with Crippen LogP contribution in [-0.4, -0.2) is 30.4 Å². The van der Waals surface area contributed by atoms with Crippen molar-refractivity contribution in [2.45, 2.75) is 38.1 Å². The first-order valence-electron chi connectivity index (χ1n) is 8.37. The molecule has 1 saturated carbocycles. The minimum Gasteiger partial charge on any atom is -0.364 e. The minimum absolute atomic E-state index is 0.0236. The van der Waals surface area contributed by atoms with Gasteiger partial charge in [-0.3, -0.25) is 14.3 Å². The lowest BCUT2D eigenvalue weighted by Crippen LogP contribution is -2.24. The molecule has 0 saturated heterocycles. The topological polar surface area (TPSA) is 120 Å². The molecule has 3 aromatic rings. The number of nitrogens with two attached hydrogens (primary N) is 1. The molecule has 1 aliphatic rings. The Bertz CT molecular complexity index is 986. The SMILES string of the molecule is NC(=O)c1nc(-c2cccnc2)nc2c1[nH]c(=O)n2C1CCCCC1. The molecule has 25 heavy (non-hydrogen) atoms. The molecule has 8 heteroatoms. The first kappa shape index (κ1) is 15.5. The third-order valence-electron chi connectivity index (χ3n) is 4.66. The molecule has 3 N–H and O–H groups in total. The van der Waals surface area contributed by atoms with E-state index in [0.717, 1.165) is 25.7 Å². The Hall–Kier alpha value is -3.03. The van der Waals surface area contributed by atoms with Gasteiger partial charge in [0.1, 0.15) is 5.52 Å². The summed E-state index contributed by atoms with van der Waals surface area (Å²) in [7, 11) is 0. The van der Waals surface area contributed by atoms with E-state index in [1.807, 2.05) is 0 Å². The van der Waals surface area contributed by atoms with Gasteiger partial charge in [0.15, 0.2) is 17.2 Å². The molecule has 8 nitrogen and oxygen atoms in total. The summed E-state index contributed by atoms with van der Waals surface area (Å²) in [6.07, 6.45) is 8.43. The second-order valence-electron chi connectivity index (χ2n) is 6.29. The molecular weight excluding hydrogens is 320 g/mol. The van der Waals surface area contributed by atoms with Gasteiger partial charge < -0.3 is 10.7 Å². The number of carbonyl (C=O) groups is 1. The van der Waals surface area contributed by atoms with Crippen molar-refractivity contribution in [2.75, 3.05) is 0 Å². The first-order valence-corrected chi connectivity index (χ1v) is 8.37. The fourth-order valence-electron chi connectivity index (χ4n) is 3.48. The van der Waals surface area contributed by atoms with Gasteiger partial charge in [-0.05, 0) is 25.0 Å². The van der Waals surface area contributed by atoms with Crippen LogP contribution in [0.4, 0.5) is 0 Å². The van der Waals surface area contributed by atoms with Crippen molar-refractivity contribution in [3.8, 4) is 11.4 Å². The second kappa shape index (κ2) is 6.12. The summed E-state index contributed by atoms with van der Waals surface area (Å²) in [5.41, 5.74) is 6.63. The standard InChI is InChI=1S/C17H18N6O2/c18-14(24)12-13-16(22-15(20-12)10-5-4-8-19-9-10)23(17(25)21-13)11-6-2-1-3-7-11/h4-5,8-9,11H,1-3,6-7H2,(H2,18,24)(H,21,25). The largest absolute Gasteiger partial charge is 0.364 e. The number of hydrogen-bond donors (Lipinski definition) is 2. The molecular formula is C17H18N6O2. The first-order chi connectivity index (χ1) is 12.1. The van der Waals surface area contributed by atoms with E-state index in [9.17, 15) is 9.59 Å². The van der Waals surface area contributed by atoms with Gasteiger partial charge in [-0.1, -0.05) is 19.3 Å². The maximum Gasteiger partial charge on any atom is 0.327 e. The number of rotatable bonds is 3. The molecule has 4 rings (SSSR count). The average molecular weight is 338 g/mol. The van der Waals surface area contributed by atoms with Gasteiger partial charge in [-0.15, -0.1) is 0 Å². The number of H-pyrrole nitrogens is 1. The Labute approximate surface area is 143 Å². The van der Waals surface area contributed by atoms with E-state index in [-0.39, 0.29) is 17.4 Å². The number of pyridine rings is 1. The smallest absolute Gasteiger partial charge is 0.327 e. The van der Waals surface area contributed by atoms with Crippen LogP contribution in [0.3, 0.4) is 0 Å². The molecule has 0 unspecified atom stereocenters. The van der Waals surface area contributed by atoms with E-state index in [1.165, 1.54) is 6.42 Å². The normalized spacial score (nSPS) is 15.5. The maximum atomic E-state index is 12.5. The monoisotopic (exact) mass is 338 g/mol. The van der Waals surface area contributed by atoms with Gasteiger partial charge in [-0.25, -0.2) is 14.8 Å². The van der Waals surface area contributed by atoms with Crippen LogP contribution in [0.15, 0.2) is 29.3 Å². The average Bonchev–Trinajstić information content (AvgIpc) is 2.98. The highest BCUT2D eigenvalue weighted by molar-refractivity contribution is 6.01. The van der Waals surface area contributed by atoms with Crippen LogP contribution in [0.25, 0.3) is 22.6 Å². The highest BCUT2D eigenvalue weighted by Gasteiger charge is 2.24. The molecule has 0 atom stereocenters. The number of amides is 1. The number of imidazole rings is 1. The number of aromatic amines is 1. The summed E-state index contributed by atoms with van der Waals surface area (Å²) in [5.74, 6) is -0.368. The van der Waals surface area contributed by atoms with Gasteiger partial charge in [0.05, 0.1) is 0 Å². The zero-order valence-electron chi connectivity index (χ0n) is 13.6. The molecule has 3 aromatic heterocycles. The summed E-state index contributed by atoms with van der Waals surface area (Å²) < 4.78 is 1.66. The molecule has 0 spiro atoms. The lowest BCUT2D eigenvalue weighted by atomic mass is 9.95. The maximum absolute atomic E-state index is 12.5. The van der Waals surface area contributed by atoms with Crippen molar-refractivity contribution in [1.82, 2.24) is 24.5 Å². The number of carbonyl (C=O) groups excluding carboxylic acids is 1. The Morgan fingerprint density at radius 1 is 1.24 bits per heavy atom. The highest BCUT2D eigenvalue weighted by atomic mass is 16.2. The molecule has 0 aliphatic heterocycles. The van der Waals surface area contributed by atoms with Crippen molar-refractivity contribution in [3.63, 3.8) is 0 Å². The van der Waals surface area contributed by atoms with Crippen molar-refractivity contribution in [3.05, 3.63) is 40.7 Å². The van der Waals surface area contributed by atoms with Gasteiger partial charge in [0.2, 0.25) is 0 Å². The van der Waals surface area contributed by atoms with E-state index >= 15 is 0 Å². The van der Waals surface area contributed by atoms with Crippen LogP contribution in [0.2, 0.25) is 0 Å². The van der Waals surface area contributed by atoms with E-state index < -0.39 is 5.91 Å². The van der Waals surface area contributed by atoms with Crippen molar-refractivity contribution < 1.29 is 4.79 Å². The lowest BCUT2D eigenvalue weighted by molar-refractivity contribution is 0.0997. The Kier molecular flexibility index (Phi) is 3.79. The lowest BCUT2D eigenvalue weighted by Gasteiger charge is -2.22. The second-order valence-corrected chi connectivity index (χ2v) is 6.29. The number of hydrogen-bond acceptors (Lipinski definition) is 5. The molecule has 0 radical (unpaired) electrons. The summed E-state index contributed by atoms with van der Waals surface area (Å²) >= 11 is 0. The fraction of sp³-hybridized carbons (Fsp3) is 0.353. The van der Waals surface area contributed by atoms with Crippen LogP contribution in [0.1, 0.15) is 48.6 Å². The van der Waals surface area contributed by atoms with E-state index in [0.29, 0.717) is 22.6 Å². The molecule has 1 aliphatic carbocycles. The van der Waals surface area contributed by atoms with Crippen LogP contribution in [-0.2, 0) is 0 Å². The van der Waals surface area contributed by atoms with E-state index in [2.05, 4.69) is 19.9 Å².